The Morgan fingerprint density at radius 3 is 2.85 bits per heavy atom. The maximum Gasteiger partial charge on any atom is 0.253 e. The molecule has 0 radical (unpaired) electrons. The number of ether oxygens (including phenoxy) is 1. The van der Waals surface area contributed by atoms with Crippen LogP contribution in [0.1, 0.15) is 21.7 Å². The van der Waals surface area contributed by atoms with E-state index in [4.69, 9.17) is 9.15 Å². The van der Waals surface area contributed by atoms with E-state index >= 15 is 0 Å². The van der Waals surface area contributed by atoms with E-state index in [0.29, 0.717) is 12.1 Å². The summed E-state index contributed by atoms with van der Waals surface area (Å²) in [5.41, 5.74) is 3.25. The molecule has 5 nitrogen and oxygen atoms in total. The highest BCUT2D eigenvalue weighted by Gasteiger charge is 2.16. The molecule has 0 atom stereocenters. The lowest BCUT2D eigenvalue weighted by Gasteiger charge is -2.19. The molecule has 0 N–H and O–H groups in total. The van der Waals surface area contributed by atoms with E-state index in [-0.39, 0.29) is 5.91 Å². The Morgan fingerprint density at radius 2 is 2.04 bits per heavy atom. The van der Waals surface area contributed by atoms with Crippen molar-refractivity contribution in [1.82, 2.24) is 9.88 Å². The van der Waals surface area contributed by atoms with Crippen LogP contribution in [0.5, 0.6) is 5.75 Å². The lowest BCUT2D eigenvalue weighted by molar-refractivity contribution is 0.0786. The summed E-state index contributed by atoms with van der Waals surface area (Å²) in [6, 6.07) is 15.2. The van der Waals surface area contributed by atoms with Crippen LogP contribution in [0, 0.1) is 6.92 Å². The van der Waals surface area contributed by atoms with Crippen LogP contribution in [0.25, 0.3) is 21.9 Å². The zero-order valence-corrected chi connectivity index (χ0v) is 15.5. The van der Waals surface area contributed by atoms with E-state index in [1.54, 1.807) is 31.3 Å². The van der Waals surface area contributed by atoms with Crippen molar-refractivity contribution < 1.29 is 13.9 Å². The molecule has 4 rings (SSSR count). The molecule has 0 spiro atoms. The predicted molar refractivity (Wildman–Crippen MR) is 105 cm³/mol. The molecule has 0 fully saturated rings. The van der Waals surface area contributed by atoms with Gasteiger partial charge in [-0.2, -0.15) is 0 Å². The summed E-state index contributed by atoms with van der Waals surface area (Å²) in [4.78, 5) is 19.0. The van der Waals surface area contributed by atoms with Crippen molar-refractivity contribution >= 4 is 27.8 Å². The van der Waals surface area contributed by atoms with Crippen molar-refractivity contribution in [2.45, 2.75) is 13.5 Å². The smallest absolute Gasteiger partial charge is 0.253 e. The number of hydrogen-bond donors (Lipinski definition) is 0. The van der Waals surface area contributed by atoms with Crippen LogP contribution in [-0.4, -0.2) is 29.9 Å². The van der Waals surface area contributed by atoms with Gasteiger partial charge in [-0.05, 0) is 48.9 Å². The average molecular weight is 360 g/mol. The molecule has 4 aromatic rings. The van der Waals surface area contributed by atoms with Crippen LogP contribution in [-0.2, 0) is 6.54 Å². The number of pyridine rings is 1. The summed E-state index contributed by atoms with van der Waals surface area (Å²) < 4.78 is 11.0. The summed E-state index contributed by atoms with van der Waals surface area (Å²) in [7, 11) is 3.44. The highest BCUT2D eigenvalue weighted by molar-refractivity contribution is 5.98. The minimum atomic E-state index is -0.0383. The fraction of sp³-hybridized carbons (Fsp3) is 0.182. The first kappa shape index (κ1) is 17.1. The van der Waals surface area contributed by atoms with Gasteiger partial charge in [0.25, 0.3) is 5.91 Å². The molecule has 0 unspecified atom stereocenters. The number of rotatable bonds is 4. The minimum absolute atomic E-state index is 0.0383. The second kappa shape index (κ2) is 6.76. The Bertz CT molecular complexity index is 1150. The van der Waals surface area contributed by atoms with Crippen molar-refractivity contribution in [3.05, 3.63) is 71.6 Å². The van der Waals surface area contributed by atoms with Gasteiger partial charge in [0.15, 0.2) is 0 Å². The maximum absolute atomic E-state index is 12.9. The normalized spacial score (nSPS) is 11.1. The first-order chi connectivity index (χ1) is 13.1. The van der Waals surface area contributed by atoms with Gasteiger partial charge in [0.1, 0.15) is 22.6 Å². The largest absolute Gasteiger partial charge is 0.494 e. The SMILES string of the molecule is COc1ccc(CN(C)C(=O)c2ccc3oc(C)cc3c2)c2cccnc12. The molecule has 0 aliphatic carbocycles. The van der Waals surface area contributed by atoms with Gasteiger partial charge in [0.2, 0.25) is 0 Å². The second-order valence-corrected chi connectivity index (χ2v) is 6.60. The zero-order chi connectivity index (χ0) is 19.0. The molecule has 0 saturated heterocycles. The molecular formula is C22H20N2O3. The number of methoxy groups -OCH3 is 1. The summed E-state index contributed by atoms with van der Waals surface area (Å²) in [6.07, 6.45) is 1.74. The number of nitrogens with zero attached hydrogens (tertiary/aromatic N) is 2. The van der Waals surface area contributed by atoms with Crippen LogP contribution in [0.4, 0.5) is 0 Å². The number of carbonyl (C=O) groups is 1. The van der Waals surface area contributed by atoms with Crippen molar-refractivity contribution in [3.8, 4) is 5.75 Å². The Kier molecular flexibility index (Phi) is 4.28. The number of aryl methyl sites for hydroxylation is 1. The number of fused-ring (bicyclic) bond motifs is 2. The number of furan rings is 1. The van der Waals surface area contributed by atoms with E-state index in [1.165, 1.54) is 0 Å². The second-order valence-electron chi connectivity index (χ2n) is 6.60. The Hall–Kier alpha value is -3.34. The van der Waals surface area contributed by atoms with Crippen LogP contribution in [0.15, 0.2) is 59.1 Å². The van der Waals surface area contributed by atoms with E-state index < -0.39 is 0 Å². The topological polar surface area (TPSA) is 55.6 Å². The summed E-state index contributed by atoms with van der Waals surface area (Å²) in [6.45, 7) is 2.38. The number of amides is 1. The number of aromatic nitrogens is 1. The molecule has 0 aliphatic rings. The fourth-order valence-corrected chi connectivity index (χ4v) is 3.37. The number of carbonyl (C=O) groups excluding carboxylic acids is 1. The number of benzene rings is 2. The first-order valence-electron chi connectivity index (χ1n) is 8.73. The van der Waals surface area contributed by atoms with Gasteiger partial charge in [-0.1, -0.05) is 12.1 Å². The standard InChI is InChI=1S/C22H20N2O3/c1-14-11-17-12-15(6-8-19(17)27-14)22(25)24(2)13-16-7-9-20(26-3)21-18(16)5-4-10-23-21/h4-12H,13H2,1-3H3. The summed E-state index contributed by atoms with van der Waals surface area (Å²) in [5, 5.41) is 1.92. The highest BCUT2D eigenvalue weighted by atomic mass is 16.5. The molecule has 27 heavy (non-hydrogen) atoms. The quantitative estimate of drug-likeness (QED) is 0.535. The van der Waals surface area contributed by atoms with Crippen molar-refractivity contribution in [2.24, 2.45) is 0 Å². The number of hydrogen-bond acceptors (Lipinski definition) is 4. The van der Waals surface area contributed by atoms with Crippen molar-refractivity contribution in [1.29, 1.82) is 0 Å². The van der Waals surface area contributed by atoms with Crippen molar-refractivity contribution in [2.75, 3.05) is 14.2 Å². The lowest BCUT2D eigenvalue weighted by Crippen LogP contribution is -2.26. The lowest BCUT2D eigenvalue weighted by atomic mass is 10.1. The third-order valence-corrected chi connectivity index (χ3v) is 4.68. The molecule has 1 amide bonds. The maximum atomic E-state index is 12.9. The van der Waals surface area contributed by atoms with Crippen LogP contribution in [0.2, 0.25) is 0 Å². The monoisotopic (exact) mass is 360 g/mol. The molecular weight excluding hydrogens is 340 g/mol. The van der Waals surface area contributed by atoms with Gasteiger partial charge in [-0.15, -0.1) is 0 Å². The van der Waals surface area contributed by atoms with E-state index in [0.717, 1.165) is 38.9 Å². The van der Waals surface area contributed by atoms with Crippen molar-refractivity contribution in [3.63, 3.8) is 0 Å². The zero-order valence-electron chi connectivity index (χ0n) is 15.5. The molecule has 5 heteroatoms. The Labute approximate surface area is 157 Å². The van der Waals surface area contributed by atoms with Crippen LogP contribution in [0.3, 0.4) is 0 Å². The van der Waals surface area contributed by atoms with Gasteiger partial charge in [0, 0.05) is 36.1 Å². The molecule has 2 aromatic carbocycles. The molecule has 0 aliphatic heterocycles. The molecule has 0 bridgehead atoms. The molecule has 0 saturated carbocycles. The fourth-order valence-electron chi connectivity index (χ4n) is 3.37. The van der Waals surface area contributed by atoms with Gasteiger partial charge in [0.05, 0.1) is 7.11 Å². The van der Waals surface area contributed by atoms with E-state index in [2.05, 4.69) is 4.98 Å². The average Bonchev–Trinajstić information content (AvgIpc) is 3.06. The third-order valence-electron chi connectivity index (χ3n) is 4.68. The molecule has 2 heterocycles. The van der Waals surface area contributed by atoms with Gasteiger partial charge in [-0.3, -0.25) is 9.78 Å². The van der Waals surface area contributed by atoms with Gasteiger partial charge >= 0.3 is 0 Å². The van der Waals surface area contributed by atoms with Gasteiger partial charge in [-0.25, -0.2) is 0 Å². The first-order valence-corrected chi connectivity index (χ1v) is 8.73. The summed E-state index contributed by atoms with van der Waals surface area (Å²) >= 11 is 0. The minimum Gasteiger partial charge on any atom is -0.494 e. The third kappa shape index (κ3) is 3.12. The molecule has 2 aromatic heterocycles. The Balaban J connectivity index is 1.64. The predicted octanol–water partition coefficient (Wildman–Crippen LogP) is 4.57. The molecule has 136 valence electrons. The van der Waals surface area contributed by atoms with E-state index in [1.807, 2.05) is 49.4 Å². The highest BCUT2D eigenvalue weighted by Crippen LogP contribution is 2.27. The van der Waals surface area contributed by atoms with Crippen LogP contribution < -0.4 is 4.74 Å². The van der Waals surface area contributed by atoms with Crippen LogP contribution >= 0.6 is 0 Å². The summed E-state index contributed by atoms with van der Waals surface area (Å²) in [5.74, 6) is 1.52. The van der Waals surface area contributed by atoms with E-state index in [9.17, 15) is 4.79 Å². The van der Waals surface area contributed by atoms with Gasteiger partial charge < -0.3 is 14.1 Å². The Morgan fingerprint density at radius 1 is 1.19 bits per heavy atom.